The summed E-state index contributed by atoms with van der Waals surface area (Å²) in [7, 11) is 1.65. The molecule has 0 radical (unpaired) electrons. The molecular weight excluding hydrogens is 280 g/mol. The quantitative estimate of drug-likeness (QED) is 0.939. The smallest absolute Gasteiger partial charge is 0.150 e. The number of benzene rings is 2. The fourth-order valence-electron chi connectivity index (χ4n) is 2.81. The molecule has 2 unspecified atom stereocenters. The third kappa shape index (κ3) is 2.88. The highest BCUT2D eigenvalue weighted by molar-refractivity contribution is 5.43. The van der Waals surface area contributed by atoms with Gasteiger partial charge in [-0.25, -0.2) is 0 Å². The fourth-order valence-corrected chi connectivity index (χ4v) is 2.81. The van der Waals surface area contributed by atoms with Gasteiger partial charge in [0, 0.05) is 18.6 Å². The molecule has 116 valence electrons. The lowest BCUT2D eigenvalue weighted by Gasteiger charge is -2.33. The first kappa shape index (κ1) is 14.7. The molecule has 0 fully saturated rings. The molecule has 0 spiro atoms. The van der Waals surface area contributed by atoms with Gasteiger partial charge in [0.25, 0.3) is 0 Å². The van der Waals surface area contributed by atoms with Crippen molar-refractivity contribution in [1.29, 1.82) is 0 Å². The first-order valence-corrected chi connectivity index (χ1v) is 7.45. The Kier molecular flexibility index (Phi) is 4.20. The van der Waals surface area contributed by atoms with Gasteiger partial charge >= 0.3 is 0 Å². The van der Waals surface area contributed by atoms with Crippen LogP contribution in [0.5, 0.6) is 17.2 Å². The van der Waals surface area contributed by atoms with Gasteiger partial charge in [0.15, 0.2) is 6.10 Å². The van der Waals surface area contributed by atoms with Crippen LogP contribution < -0.4 is 9.47 Å². The lowest BCUT2D eigenvalue weighted by Crippen LogP contribution is -2.32. The van der Waals surface area contributed by atoms with Crippen LogP contribution in [0.2, 0.25) is 0 Å². The van der Waals surface area contributed by atoms with Crippen LogP contribution in [-0.4, -0.2) is 24.9 Å². The Morgan fingerprint density at radius 1 is 1.18 bits per heavy atom. The molecule has 0 amide bonds. The van der Waals surface area contributed by atoms with E-state index in [0.717, 1.165) is 22.6 Å². The van der Waals surface area contributed by atoms with Gasteiger partial charge in [-0.1, -0.05) is 12.1 Å². The second-order valence-corrected chi connectivity index (χ2v) is 5.30. The van der Waals surface area contributed by atoms with Crippen molar-refractivity contribution < 1.29 is 19.3 Å². The third-order valence-corrected chi connectivity index (χ3v) is 3.88. The zero-order valence-electron chi connectivity index (χ0n) is 12.8. The zero-order chi connectivity index (χ0) is 15.5. The zero-order valence-corrected chi connectivity index (χ0v) is 12.8. The monoisotopic (exact) mass is 300 g/mol. The van der Waals surface area contributed by atoms with Crippen molar-refractivity contribution in [3.05, 3.63) is 53.6 Å². The van der Waals surface area contributed by atoms with Crippen LogP contribution in [0.4, 0.5) is 0 Å². The van der Waals surface area contributed by atoms with E-state index in [-0.39, 0.29) is 18.0 Å². The molecule has 1 aliphatic heterocycles. The van der Waals surface area contributed by atoms with Crippen molar-refractivity contribution >= 4 is 0 Å². The predicted octanol–water partition coefficient (Wildman–Crippen LogP) is 3.48. The van der Waals surface area contributed by atoms with Crippen LogP contribution in [0.1, 0.15) is 24.2 Å². The minimum atomic E-state index is -0.164. The number of aromatic hydroxyl groups is 1. The molecule has 0 bridgehead atoms. The first-order chi connectivity index (χ1) is 10.7. The summed E-state index contributed by atoms with van der Waals surface area (Å²) in [6, 6.07) is 13.0. The van der Waals surface area contributed by atoms with E-state index < -0.39 is 0 Å². The molecule has 0 saturated heterocycles. The Morgan fingerprint density at radius 3 is 2.64 bits per heavy atom. The fraction of sp³-hybridized carbons (Fsp3) is 0.333. The van der Waals surface area contributed by atoms with Crippen molar-refractivity contribution in [2.45, 2.75) is 25.6 Å². The second kappa shape index (κ2) is 6.28. The van der Waals surface area contributed by atoms with Gasteiger partial charge in [0.05, 0.1) is 7.11 Å². The van der Waals surface area contributed by atoms with Crippen molar-refractivity contribution in [3.63, 3.8) is 0 Å². The summed E-state index contributed by atoms with van der Waals surface area (Å²) < 4.78 is 17.2. The highest BCUT2D eigenvalue weighted by Crippen LogP contribution is 2.38. The van der Waals surface area contributed by atoms with E-state index in [4.69, 9.17) is 14.2 Å². The van der Waals surface area contributed by atoms with E-state index >= 15 is 0 Å². The molecule has 1 heterocycles. The summed E-state index contributed by atoms with van der Waals surface area (Å²) in [5, 5.41) is 9.63. The average Bonchev–Trinajstić information content (AvgIpc) is 2.54. The van der Waals surface area contributed by atoms with Crippen molar-refractivity contribution in [3.8, 4) is 17.2 Å². The van der Waals surface area contributed by atoms with Crippen LogP contribution in [0.25, 0.3) is 0 Å². The van der Waals surface area contributed by atoms with Gasteiger partial charge in [0.2, 0.25) is 0 Å². The molecule has 0 aromatic heterocycles. The lowest BCUT2D eigenvalue weighted by molar-refractivity contribution is -0.0325. The maximum atomic E-state index is 9.63. The summed E-state index contributed by atoms with van der Waals surface area (Å²) in [6.07, 6.45) is 0.476. The Bertz CT molecular complexity index is 636. The van der Waals surface area contributed by atoms with Crippen LogP contribution in [0.3, 0.4) is 0 Å². The summed E-state index contributed by atoms with van der Waals surface area (Å²) in [5.74, 6) is 1.87. The molecule has 4 heteroatoms. The number of phenolic OH excluding ortho intramolecular Hbond substituents is 1. The van der Waals surface area contributed by atoms with E-state index in [1.165, 1.54) is 0 Å². The molecular formula is C18H20O4. The highest BCUT2D eigenvalue weighted by Gasteiger charge is 2.32. The number of methoxy groups -OCH3 is 1. The van der Waals surface area contributed by atoms with Crippen LogP contribution in [0, 0.1) is 0 Å². The Morgan fingerprint density at radius 2 is 1.95 bits per heavy atom. The molecule has 1 N–H and O–H groups in total. The normalized spacial score (nSPS) is 20.1. The van der Waals surface area contributed by atoms with Gasteiger partial charge in [-0.3, -0.25) is 0 Å². The van der Waals surface area contributed by atoms with Gasteiger partial charge < -0.3 is 19.3 Å². The third-order valence-electron chi connectivity index (χ3n) is 3.88. The maximum absolute atomic E-state index is 9.63. The molecule has 2 aromatic carbocycles. The lowest BCUT2D eigenvalue weighted by atomic mass is 9.94. The van der Waals surface area contributed by atoms with Crippen LogP contribution >= 0.6 is 0 Å². The second-order valence-electron chi connectivity index (χ2n) is 5.30. The first-order valence-electron chi connectivity index (χ1n) is 7.45. The number of ether oxygens (including phenoxy) is 3. The SMILES string of the molecule is CCOC1Cc2cc(O)ccc2OC1c1ccc(OC)cc1. The molecule has 2 atom stereocenters. The molecule has 1 aliphatic rings. The van der Waals surface area contributed by atoms with E-state index in [2.05, 4.69) is 0 Å². The minimum absolute atomic E-state index is 0.0762. The van der Waals surface area contributed by atoms with Crippen LogP contribution in [0.15, 0.2) is 42.5 Å². The van der Waals surface area contributed by atoms with Crippen molar-refractivity contribution in [2.24, 2.45) is 0 Å². The molecule has 3 rings (SSSR count). The predicted molar refractivity (Wildman–Crippen MR) is 83.6 cm³/mol. The maximum Gasteiger partial charge on any atom is 0.150 e. The van der Waals surface area contributed by atoms with Gasteiger partial charge in [-0.2, -0.15) is 0 Å². The summed E-state index contributed by atoms with van der Waals surface area (Å²) >= 11 is 0. The molecule has 0 aliphatic carbocycles. The van der Waals surface area contributed by atoms with E-state index in [1.54, 1.807) is 19.2 Å². The van der Waals surface area contributed by atoms with E-state index in [1.807, 2.05) is 37.3 Å². The highest BCUT2D eigenvalue weighted by atomic mass is 16.5. The number of phenols is 1. The van der Waals surface area contributed by atoms with E-state index in [0.29, 0.717) is 13.0 Å². The molecule has 2 aromatic rings. The van der Waals surface area contributed by atoms with Gasteiger partial charge in [-0.15, -0.1) is 0 Å². The van der Waals surface area contributed by atoms with Crippen LogP contribution in [-0.2, 0) is 11.2 Å². The Hall–Kier alpha value is -2.20. The molecule has 22 heavy (non-hydrogen) atoms. The van der Waals surface area contributed by atoms with Gasteiger partial charge in [0.1, 0.15) is 23.4 Å². The molecule has 0 saturated carbocycles. The Labute approximate surface area is 130 Å². The minimum Gasteiger partial charge on any atom is -0.508 e. The topological polar surface area (TPSA) is 47.9 Å². The number of fused-ring (bicyclic) bond motifs is 1. The Balaban J connectivity index is 1.92. The van der Waals surface area contributed by atoms with E-state index in [9.17, 15) is 5.11 Å². The summed E-state index contributed by atoms with van der Waals surface area (Å²) in [6.45, 7) is 2.60. The standard InChI is InChI=1S/C18H20O4/c1-3-21-17-11-13-10-14(19)6-9-16(13)22-18(17)12-4-7-15(20-2)8-5-12/h4-10,17-19H,3,11H2,1-2H3. The summed E-state index contributed by atoms with van der Waals surface area (Å²) in [4.78, 5) is 0. The summed E-state index contributed by atoms with van der Waals surface area (Å²) in [5.41, 5.74) is 2.03. The average molecular weight is 300 g/mol. The van der Waals surface area contributed by atoms with Crippen molar-refractivity contribution in [1.82, 2.24) is 0 Å². The largest absolute Gasteiger partial charge is 0.508 e. The molecule has 4 nitrogen and oxygen atoms in total. The number of hydrogen-bond acceptors (Lipinski definition) is 4. The number of hydrogen-bond donors (Lipinski definition) is 1. The van der Waals surface area contributed by atoms with Crippen molar-refractivity contribution in [2.75, 3.05) is 13.7 Å². The van der Waals surface area contributed by atoms with Gasteiger partial charge in [-0.05, 0) is 42.8 Å². The number of rotatable bonds is 4.